The van der Waals surface area contributed by atoms with Crippen molar-refractivity contribution < 1.29 is 16.8 Å². The lowest BCUT2D eigenvalue weighted by molar-refractivity contribution is 0.581. The van der Waals surface area contributed by atoms with E-state index in [1.807, 2.05) is 0 Å². The molecule has 1 fully saturated rings. The fraction of sp³-hybridized carbons (Fsp3) is 0.200. The monoisotopic (exact) mass is 430 g/mol. The molecule has 0 radical (unpaired) electrons. The van der Waals surface area contributed by atoms with Crippen LogP contribution in [0.2, 0.25) is 0 Å². The van der Waals surface area contributed by atoms with Crippen molar-refractivity contribution in [1.29, 1.82) is 0 Å². The predicted octanol–water partition coefficient (Wildman–Crippen LogP) is 2.69. The fourth-order valence-electron chi connectivity index (χ4n) is 2.09. The summed E-state index contributed by atoms with van der Waals surface area (Å²) in [5, 5.41) is 0. The van der Waals surface area contributed by atoms with Gasteiger partial charge in [-0.05, 0) is 59.1 Å². The molecular weight excluding hydrogens is 416 g/mol. The van der Waals surface area contributed by atoms with E-state index in [-0.39, 0.29) is 21.5 Å². The number of anilines is 1. The lowest BCUT2D eigenvalue weighted by atomic mass is 10.3. The Labute approximate surface area is 149 Å². The van der Waals surface area contributed by atoms with Crippen molar-refractivity contribution in [2.24, 2.45) is 0 Å². The number of halogens is 1. The topological polar surface area (TPSA) is 92.3 Å². The van der Waals surface area contributed by atoms with Gasteiger partial charge in [-0.15, -0.1) is 0 Å². The van der Waals surface area contributed by atoms with E-state index in [0.717, 1.165) is 12.8 Å². The number of nitrogens with one attached hydrogen (secondary N) is 2. The van der Waals surface area contributed by atoms with Crippen LogP contribution < -0.4 is 9.44 Å². The zero-order chi connectivity index (χ0) is 17.4. The van der Waals surface area contributed by atoms with Crippen LogP contribution in [-0.2, 0) is 20.0 Å². The van der Waals surface area contributed by atoms with Crippen LogP contribution in [0.3, 0.4) is 0 Å². The van der Waals surface area contributed by atoms with Crippen LogP contribution in [0.15, 0.2) is 62.8 Å². The molecule has 0 amide bonds. The first-order valence-electron chi connectivity index (χ1n) is 7.18. The van der Waals surface area contributed by atoms with E-state index in [9.17, 15) is 16.8 Å². The van der Waals surface area contributed by atoms with Crippen molar-refractivity contribution in [2.45, 2.75) is 28.7 Å². The van der Waals surface area contributed by atoms with Crippen LogP contribution in [0, 0.1) is 0 Å². The molecular formula is C15H15BrN2O4S2. The molecule has 0 saturated heterocycles. The Hall–Kier alpha value is -1.42. The molecule has 9 heteroatoms. The van der Waals surface area contributed by atoms with Gasteiger partial charge in [0.25, 0.3) is 10.0 Å². The summed E-state index contributed by atoms with van der Waals surface area (Å²) in [5.74, 6) is 0. The Kier molecular flexibility index (Phi) is 4.69. The van der Waals surface area contributed by atoms with E-state index in [4.69, 9.17) is 0 Å². The average molecular weight is 431 g/mol. The van der Waals surface area contributed by atoms with Gasteiger partial charge < -0.3 is 0 Å². The summed E-state index contributed by atoms with van der Waals surface area (Å²) >= 11 is 3.20. The van der Waals surface area contributed by atoms with Crippen molar-refractivity contribution in [3.63, 3.8) is 0 Å². The third-order valence-corrected chi connectivity index (χ3v) is 7.33. The summed E-state index contributed by atoms with van der Waals surface area (Å²) in [4.78, 5) is 0.107. The molecule has 0 unspecified atom stereocenters. The molecule has 1 saturated carbocycles. The molecule has 3 rings (SSSR count). The summed E-state index contributed by atoms with van der Waals surface area (Å²) in [6, 6.07) is 12.1. The third kappa shape index (κ3) is 3.97. The zero-order valence-corrected chi connectivity index (χ0v) is 15.7. The molecule has 1 aliphatic carbocycles. The second kappa shape index (κ2) is 6.47. The molecule has 1 aliphatic rings. The first kappa shape index (κ1) is 17.4. The van der Waals surface area contributed by atoms with Crippen LogP contribution in [-0.4, -0.2) is 22.9 Å². The highest BCUT2D eigenvalue weighted by molar-refractivity contribution is 9.10. The minimum atomic E-state index is -3.83. The van der Waals surface area contributed by atoms with Gasteiger partial charge in [0.15, 0.2) is 0 Å². The summed E-state index contributed by atoms with van der Waals surface area (Å²) in [6.07, 6.45) is 1.65. The summed E-state index contributed by atoms with van der Waals surface area (Å²) < 4.78 is 54.8. The van der Waals surface area contributed by atoms with Crippen LogP contribution in [0.1, 0.15) is 12.8 Å². The largest absolute Gasteiger partial charge is 0.280 e. The molecule has 0 aliphatic heterocycles. The van der Waals surface area contributed by atoms with Crippen LogP contribution >= 0.6 is 15.9 Å². The molecule has 24 heavy (non-hydrogen) atoms. The maximum Gasteiger partial charge on any atom is 0.263 e. The molecule has 0 bridgehead atoms. The quantitative estimate of drug-likeness (QED) is 0.736. The highest BCUT2D eigenvalue weighted by Gasteiger charge is 2.28. The Morgan fingerprint density at radius 2 is 1.62 bits per heavy atom. The zero-order valence-electron chi connectivity index (χ0n) is 12.4. The minimum absolute atomic E-state index is 0.0179. The number of benzene rings is 2. The maximum atomic E-state index is 12.5. The van der Waals surface area contributed by atoms with E-state index in [1.165, 1.54) is 30.3 Å². The summed E-state index contributed by atoms with van der Waals surface area (Å²) in [7, 11) is -7.47. The number of sulfonamides is 2. The van der Waals surface area contributed by atoms with Gasteiger partial charge >= 0.3 is 0 Å². The minimum Gasteiger partial charge on any atom is -0.280 e. The first-order valence-corrected chi connectivity index (χ1v) is 10.9. The Morgan fingerprint density at radius 1 is 0.917 bits per heavy atom. The molecule has 0 aromatic heterocycles. The number of rotatable bonds is 6. The Morgan fingerprint density at radius 3 is 2.29 bits per heavy atom. The third-order valence-electron chi connectivity index (χ3n) is 3.42. The standard InChI is InChI=1S/C15H15BrN2O4S2/c16-14-6-1-2-7-15(14)24(21,22)18-12-4-3-5-13(10-12)23(19,20)17-11-8-9-11/h1-7,10-11,17-18H,8-9H2. The van der Waals surface area contributed by atoms with Crippen molar-refractivity contribution >= 4 is 41.7 Å². The van der Waals surface area contributed by atoms with E-state index in [1.54, 1.807) is 18.2 Å². The van der Waals surface area contributed by atoms with Gasteiger partial charge in [0, 0.05) is 10.5 Å². The van der Waals surface area contributed by atoms with Gasteiger partial charge in [-0.3, -0.25) is 4.72 Å². The SMILES string of the molecule is O=S(=O)(NC1CC1)c1cccc(NS(=O)(=O)c2ccccc2Br)c1. The molecule has 2 aromatic rings. The summed E-state index contributed by atoms with van der Waals surface area (Å²) in [5.41, 5.74) is 0.185. The van der Waals surface area contributed by atoms with Crippen LogP contribution in [0.4, 0.5) is 5.69 Å². The summed E-state index contributed by atoms with van der Waals surface area (Å²) in [6.45, 7) is 0. The highest BCUT2D eigenvalue weighted by atomic mass is 79.9. The lowest BCUT2D eigenvalue weighted by Gasteiger charge is -2.11. The second-order valence-corrected chi connectivity index (χ2v) is 9.68. The maximum absolute atomic E-state index is 12.5. The van der Waals surface area contributed by atoms with Crippen molar-refractivity contribution in [2.75, 3.05) is 4.72 Å². The molecule has 2 N–H and O–H groups in total. The van der Waals surface area contributed by atoms with Crippen LogP contribution in [0.25, 0.3) is 0 Å². The number of hydrogen-bond acceptors (Lipinski definition) is 4. The normalized spacial score (nSPS) is 15.2. The lowest BCUT2D eigenvalue weighted by Crippen LogP contribution is -2.25. The molecule has 6 nitrogen and oxygen atoms in total. The van der Waals surface area contributed by atoms with Crippen molar-refractivity contribution in [3.8, 4) is 0 Å². The van der Waals surface area contributed by atoms with Crippen LogP contribution in [0.5, 0.6) is 0 Å². The Balaban J connectivity index is 1.88. The fourth-order valence-corrected chi connectivity index (χ4v) is 5.49. The van der Waals surface area contributed by atoms with Gasteiger partial charge in [0.2, 0.25) is 10.0 Å². The van der Waals surface area contributed by atoms with Gasteiger partial charge in [-0.2, -0.15) is 0 Å². The highest BCUT2D eigenvalue weighted by Crippen LogP contribution is 2.26. The van der Waals surface area contributed by atoms with E-state index >= 15 is 0 Å². The number of hydrogen-bond donors (Lipinski definition) is 2. The van der Waals surface area contributed by atoms with Gasteiger partial charge in [-0.25, -0.2) is 21.6 Å². The Bertz CT molecular complexity index is 970. The second-order valence-electron chi connectivity index (χ2n) is 5.46. The smallest absolute Gasteiger partial charge is 0.263 e. The van der Waals surface area contributed by atoms with E-state index in [0.29, 0.717) is 4.47 Å². The van der Waals surface area contributed by atoms with Gasteiger partial charge in [0.1, 0.15) is 4.90 Å². The first-order chi connectivity index (χ1) is 11.3. The molecule has 0 heterocycles. The average Bonchev–Trinajstić information content (AvgIpc) is 3.30. The molecule has 2 aromatic carbocycles. The van der Waals surface area contributed by atoms with E-state index in [2.05, 4.69) is 25.4 Å². The molecule has 0 spiro atoms. The van der Waals surface area contributed by atoms with Crippen molar-refractivity contribution in [1.82, 2.24) is 4.72 Å². The molecule has 128 valence electrons. The van der Waals surface area contributed by atoms with Crippen molar-refractivity contribution in [3.05, 3.63) is 53.0 Å². The van der Waals surface area contributed by atoms with Gasteiger partial charge in [0.05, 0.1) is 10.6 Å². The predicted molar refractivity (Wildman–Crippen MR) is 94.7 cm³/mol. The molecule has 0 atom stereocenters. The van der Waals surface area contributed by atoms with E-state index < -0.39 is 20.0 Å². The van der Waals surface area contributed by atoms with Gasteiger partial charge in [-0.1, -0.05) is 18.2 Å².